The zero-order chi connectivity index (χ0) is 16.4. The lowest BCUT2D eigenvalue weighted by Gasteiger charge is -2.28. The summed E-state index contributed by atoms with van der Waals surface area (Å²) < 4.78 is 37.8. The molecule has 0 saturated heterocycles. The highest BCUT2D eigenvalue weighted by atomic mass is 19.2. The molecule has 0 radical (unpaired) electrons. The Morgan fingerprint density at radius 1 is 1.13 bits per heavy atom. The van der Waals surface area contributed by atoms with Gasteiger partial charge in [-0.15, -0.1) is 0 Å². The minimum absolute atomic E-state index is 0.196. The monoisotopic (exact) mass is 319 g/mol. The van der Waals surface area contributed by atoms with Crippen molar-refractivity contribution in [3.05, 3.63) is 58.7 Å². The van der Waals surface area contributed by atoms with Gasteiger partial charge in [0.1, 0.15) is 0 Å². The van der Waals surface area contributed by atoms with Gasteiger partial charge >= 0.3 is 0 Å². The first kappa shape index (κ1) is 15.7. The molecule has 0 unspecified atom stereocenters. The van der Waals surface area contributed by atoms with E-state index in [1.807, 2.05) is 19.1 Å². The van der Waals surface area contributed by atoms with Crippen molar-refractivity contribution in [2.45, 2.75) is 19.4 Å². The first-order valence-corrected chi connectivity index (χ1v) is 7.66. The van der Waals surface area contributed by atoms with Gasteiger partial charge in [-0.05, 0) is 54.3 Å². The van der Waals surface area contributed by atoms with Gasteiger partial charge in [0.25, 0.3) is 0 Å². The predicted octanol–water partition coefficient (Wildman–Crippen LogP) is 3.61. The Bertz CT molecular complexity index is 718. The van der Waals surface area contributed by atoms with Crippen LogP contribution in [0.2, 0.25) is 0 Å². The summed E-state index contributed by atoms with van der Waals surface area (Å²) in [5.41, 5.74) is 2.82. The SMILES string of the molecule is CCOc1cc2c(cc1OC)[C@@H](c1ccc(F)c(F)c1)NCC2. The Hall–Kier alpha value is -2.14. The molecule has 0 aromatic heterocycles. The van der Waals surface area contributed by atoms with Crippen LogP contribution in [0.1, 0.15) is 29.7 Å². The van der Waals surface area contributed by atoms with E-state index < -0.39 is 11.6 Å². The van der Waals surface area contributed by atoms with Gasteiger partial charge in [-0.3, -0.25) is 0 Å². The van der Waals surface area contributed by atoms with Crippen LogP contribution in [0, 0.1) is 11.6 Å². The summed E-state index contributed by atoms with van der Waals surface area (Å²) in [5, 5.41) is 3.36. The van der Waals surface area contributed by atoms with Crippen molar-refractivity contribution in [2.24, 2.45) is 0 Å². The molecule has 0 fully saturated rings. The fourth-order valence-electron chi connectivity index (χ4n) is 2.98. The third kappa shape index (κ3) is 3.01. The smallest absolute Gasteiger partial charge is 0.161 e. The van der Waals surface area contributed by atoms with Crippen LogP contribution in [0.3, 0.4) is 0 Å². The quantitative estimate of drug-likeness (QED) is 0.934. The number of benzene rings is 2. The van der Waals surface area contributed by atoms with Gasteiger partial charge in [-0.25, -0.2) is 8.78 Å². The highest BCUT2D eigenvalue weighted by Crippen LogP contribution is 2.37. The number of ether oxygens (including phenoxy) is 2. The molecule has 0 bridgehead atoms. The Kier molecular flexibility index (Phi) is 4.48. The molecule has 2 aromatic rings. The molecule has 1 atom stereocenters. The van der Waals surface area contributed by atoms with Crippen molar-refractivity contribution in [3.8, 4) is 11.5 Å². The molecule has 3 nitrogen and oxygen atoms in total. The number of rotatable bonds is 4. The molecular formula is C18H19F2NO2. The van der Waals surface area contributed by atoms with E-state index in [2.05, 4.69) is 5.32 Å². The molecule has 0 aliphatic carbocycles. The minimum atomic E-state index is -0.839. The van der Waals surface area contributed by atoms with E-state index in [0.717, 1.165) is 30.2 Å². The lowest BCUT2D eigenvalue weighted by molar-refractivity contribution is 0.309. The molecule has 0 spiro atoms. The van der Waals surface area contributed by atoms with Gasteiger partial charge in [0.05, 0.1) is 19.8 Å². The largest absolute Gasteiger partial charge is 0.493 e. The second-order valence-corrected chi connectivity index (χ2v) is 5.45. The van der Waals surface area contributed by atoms with Crippen molar-refractivity contribution >= 4 is 0 Å². The number of methoxy groups -OCH3 is 1. The summed E-state index contributed by atoms with van der Waals surface area (Å²) in [6.45, 7) is 3.24. The molecule has 1 aliphatic heterocycles. The molecule has 0 amide bonds. The van der Waals surface area contributed by atoms with E-state index in [9.17, 15) is 8.78 Å². The fraction of sp³-hybridized carbons (Fsp3) is 0.333. The van der Waals surface area contributed by atoms with Gasteiger partial charge in [0.2, 0.25) is 0 Å². The van der Waals surface area contributed by atoms with E-state index in [1.165, 1.54) is 6.07 Å². The summed E-state index contributed by atoms with van der Waals surface area (Å²) in [6.07, 6.45) is 0.847. The van der Waals surface area contributed by atoms with Crippen molar-refractivity contribution in [1.29, 1.82) is 0 Å². The standard InChI is InChI=1S/C18H19F2NO2/c1-3-23-17-9-11-6-7-21-18(13(11)10-16(17)22-2)12-4-5-14(19)15(20)8-12/h4-5,8-10,18,21H,3,6-7H2,1-2H3/t18-/m1/s1. The molecule has 1 heterocycles. The Morgan fingerprint density at radius 3 is 2.65 bits per heavy atom. The second kappa shape index (κ2) is 6.54. The molecule has 3 rings (SSSR count). The zero-order valence-corrected chi connectivity index (χ0v) is 13.2. The average molecular weight is 319 g/mol. The maximum absolute atomic E-state index is 13.6. The summed E-state index contributed by atoms with van der Waals surface area (Å²) in [4.78, 5) is 0. The lowest BCUT2D eigenvalue weighted by atomic mass is 9.89. The van der Waals surface area contributed by atoms with Gasteiger partial charge in [0.15, 0.2) is 23.1 Å². The summed E-state index contributed by atoms with van der Waals surface area (Å²) in [7, 11) is 1.59. The van der Waals surface area contributed by atoms with Gasteiger partial charge in [-0.2, -0.15) is 0 Å². The summed E-state index contributed by atoms with van der Waals surface area (Å²) in [5.74, 6) is -0.329. The van der Waals surface area contributed by atoms with Crippen molar-refractivity contribution < 1.29 is 18.3 Å². The molecule has 1 N–H and O–H groups in total. The first-order valence-electron chi connectivity index (χ1n) is 7.66. The van der Waals surface area contributed by atoms with Gasteiger partial charge in [-0.1, -0.05) is 6.07 Å². The summed E-state index contributed by atoms with van der Waals surface area (Å²) in [6, 6.07) is 7.70. The van der Waals surface area contributed by atoms with Crippen LogP contribution in [0.5, 0.6) is 11.5 Å². The van der Waals surface area contributed by atoms with Gasteiger partial charge in [0, 0.05) is 6.54 Å². The van der Waals surface area contributed by atoms with Crippen LogP contribution < -0.4 is 14.8 Å². The van der Waals surface area contributed by atoms with E-state index in [0.29, 0.717) is 23.7 Å². The fourth-order valence-corrected chi connectivity index (χ4v) is 2.98. The van der Waals surface area contributed by atoms with Crippen molar-refractivity contribution in [1.82, 2.24) is 5.32 Å². The molecule has 23 heavy (non-hydrogen) atoms. The number of nitrogens with one attached hydrogen (secondary N) is 1. The van der Waals surface area contributed by atoms with E-state index in [1.54, 1.807) is 13.2 Å². The lowest BCUT2D eigenvalue weighted by Crippen LogP contribution is -2.30. The Morgan fingerprint density at radius 2 is 1.96 bits per heavy atom. The molecule has 1 aliphatic rings. The number of halogens is 2. The average Bonchev–Trinajstić information content (AvgIpc) is 2.56. The van der Waals surface area contributed by atoms with Crippen molar-refractivity contribution in [3.63, 3.8) is 0 Å². The Balaban J connectivity index is 2.05. The normalized spacial score (nSPS) is 16.8. The van der Waals surface area contributed by atoms with Crippen LogP contribution in [0.25, 0.3) is 0 Å². The third-order valence-electron chi connectivity index (χ3n) is 4.06. The van der Waals surface area contributed by atoms with Crippen LogP contribution in [-0.2, 0) is 6.42 Å². The minimum Gasteiger partial charge on any atom is -0.493 e. The number of fused-ring (bicyclic) bond motifs is 1. The second-order valence-electron chi connectivity index (χ2n) is 5.45. The van der Waals surface area contributed by atoms with Crippen LogP contribution >= 0.6 is 0 Å². The van der Waals surface area contributed by atoms with E-state index in [4.69, 9.17) is 9.47 Å². The first-order chi connectivity index (χ1) is 11.1. The zero-order valence-electron chi connectivity index (χ0n) is 13.2. The van der Waals surface area contributed by atoms with Crippen LogP contribution in [0.4, 0.5) is 8.78 Å². The third-order valence-corrected chi connectivity index (χ3v) is 4.06. The molecule has 122 valence electrons. The van der Waals surface area contributed by atoms with E-state index in [-0.39, 0.29) is 6.04 Å². The number of hydrogen-bond acceptors (Lipinski definition) is 3. The Labute approximate surface area is 134 Å². The van der Waals surface area contributed by atoms with Crippen LogP contribution in [0.15, 0.2) is 30.3 Å². The molecule has 0 saturated carbocycles. The number of hydrogen-bond donors (Lipinski definition) is 1. The van der Waals surface area contributed by atoms with Crippen molar-refractivity contribution in [2.75, 3.05) is 20.3 Å². The molecular weight excluding hydrogens is 300 g/mol. The predicted molar refractivity (Wildman–Crippen MR) is 84.1 cm³/mol. The topological polar surface area (TPSA) is 30.5 Å². The molecule has 5 heteroatoms. The van der Waals surface area contributed by atoms with E-state index >= 15 is 0 Å². The highest BCUT2D eigenvalue weighted by Gasteiger charge is 2.24. The van der Waals surface area contributed by atoms with Gasteiger partial charge < -0.3 is 14.8 Å². The molecule has 2 aromatic carbocycles. The highest BCUT2D eigenvalue weighted by molar-refractivity contribution is 5.51. The maximum Gasteiger partial charge on any atom is 0.161 e. The van der Waals surface area contributed by atoms with Crippen LogP contribution in [-0.4, -0.2) is 20.3 Å². The summed E-state index contributed by atoms with van der Waals surface area (Å²) >= 11 is 0. The maximum atomic E-state index is 13.6.